The number of anilines is 1. The highest BCUT2D eigenvalue weighted by Crippen LogP contribution is 2.20. The maximum absolute atomic E-state index is 3.56. The van der Waals surface area contributed by atoms with Crippen LogP contribution in [-0.4, -0.2) is 0 Å². The van der Waals surface area contributed by atoms with Crippen molar-refractivity contribution in [1.82, 2.24) is 0 Å². The molecule has 0 aliphatic heterocycles. The predicted octanol–water partition coefficient (Wildman–Crippen LogP) is 5.81. The van der Waals surface area contributed by atoms with Crippen molar-refractivity contribution in [1.29, 1.82) is 0 Å². The van der Waals surface area contributed by atoms with E-state index in [0.717, 1.165) is 0 Å². The number of rotatable bonds is 6. The van der Waals surface area contributed by atoms with E-state index in [9.17, 15) is 0 Å². The molecule has 0 bridgehead atoms. The highest BCUT2D eigenvalue weighted by atomic mass is 127. The number of nitrogens with one attached hydrogen (secondary N) is 1. The fourth-order valence-electron chi connectivity index (χ4n) is 2.23. The Morgan fingerprint density at radius 3 is 2.25 bits per heavy atom. The Morgan fingerprint density at radius 1 is 1.00 bits per heavy atom. The summed E-state index contributed by atoms with van der Waals surface area (Å²) in [7, 11) is 0. The summed E-state index contributed by atoms with van der Waals surface area (Å²) in [5.41, 5.74) is 3.94. The van der Waals surface area contributed by atoms with Gasteiger partial charge in [-0.05, 0) is 77.7 Å². The predicted molar refractivity (Wildman–Crippen MR) is 96.3 cm³/mol. The van der Waals surface area contributed by atoms with Crippen molar-refractivity contribution >= 4 is 28.3 Å². The summed E-state index contributed by atoms with van der Waals surface area (Å²) >= 11 is 2.34. The normalized spacial score (nSPS) is 12.2. The SMILES string of the molecule is CCCCc1ccc(NC(C)c2ccc(I)cc2)cc1. The van der Waals surface area contributed by atoms with Crippen molar-refractivity contribution in [3.63, 3.8) is 0 Å². The Hall–Kier alpha value is -1.03. The summed E-state index contributed by atoms with van der Waals surface area (Å²) in [6.07, 6.45) is 3.71. The molecule has 2 aromatic rings. The number of aryl methyl sites for hydroxylation is 1. The van der Waals surface area contributed by atoms with Gasteiger partial charge in [0.25, 0.3) is 0 Å². The van der Waals surface area contributed by atoms with Crippen LogP contribution >= 0.6 is 22.6 Å². The molecule has 0 radical (unpaired) electrons. The zero-order valence-corrected chi connectivity index (χ0v) is 14.4. The van der Waals surface area contributed by atoms with E-state index in [1.807, 2.05) is 0 Å². The third-order valence-corrected chi connectivity index (χ3v) is 4.25. The van der Waals surface area contributed by atoms with E-state index in [0.29, 0.717) is 6.04 Å². The molecule has 0 saturated carbocycles. The molecule has 0 aromatic heterocycles. The highest BCUT2D eigenvalue weighted by Gasteiger charge is 2.05. The van der Waals surface area contributed by atoms with E-state index in [4.69, 9.17) is 0 Å². The molecule has 1 nitrogen and oxygen atoms in total. The largest absolute Gasteiger partial charge is 0.379 e. The van der Waals surface area contributed by atoms with Gasteiger partial charge in [-0.15, -0.1) is 0 Å². The number of halogens is 1. The molecule has 0 amide bonds. The monoisotopic (exact) mass is 379 g/mol. The zero-order chi connectivity index (χ0) is 14.4. The van der Waals surface area contributed by atoms with Crippen LogP contribution in [0.5, 0.6) is 0 Å². The standard InChI is InChI=1S/C18H22IN/c1-3-4-5-15-6-12-18(13-7-15)20-14(2)16-8-10-17(19)11-9-16/h6-14,20H,3-5H2,1-2H3. The molecule has 2 heteroatoms. The molecular formula is C18H22IN. The topological polar surface area (TPSA) is 12.0 Å². The summed E-state index contributed by atoms with van der Waals surface area (Å²) < 4.78 is 1.28. The van der Waals surface area contributed by atoms with Gasteiger partial charge in [0, 0.05) is 15.3 Å². The Morgan fingerprint density at radius 2 is 1.65 bits per heavy atom. The first kappa shape index (κ1) is 15.4. The maximum Gasteiger partial charge on any atom is 0.0485 e. The van der Waals surface area contributed by atoms with E-state index in [2.05, 4.69) is 90.3 Å². The van der Waals surface area contributed by atoms with Gasteiger partial charge in [-0.1, -0.05) is 37.6 Å². The molecule has 0 spiro atoms. The van der Waals surface area contributed by atoms with Gasteiger partial charge in [0.15, 0.2) is 0 Å². The Bertz CT molecular complexity index is 516. The molecule has 0 aliphatic rings. The van der Waals surface area contributed by atoms with Gasteiger partial charge in [0.1, 0.15) is 0 Å². The van der Waals surface area contributed by atoms with E-state index in [1.54, 1.807) is 0 Å². The summed E-state index contributed by atoms with van der Waals surface area (Å²) in [5, 5.41) is 3.56. The lowest BCUT2D eigenvalue weighted by Gasteiger charge is -2.16. The maximum atomic E-state index is 3.56. The van der Waals surface area contributed by atoms with Crippen LogP contribution in [-0.2, 0) is 6.42 Å². The molecule has 1 unspecified atom stereocenters. The lowest BCUT2D eigenvalue weighted by Crippen LogP contribution is -2.06. The van der Waals surface area contributed by atoms with Crippen LogP contribution in [0.1, 0.15) is 43.9 Å². The zero-order valence-electron chi connectivity index (χ0n) is 12.2. The molecule has 0 heterocycles. The van der Waals surface area contributed by atoms with Gasteiger partial charge in [0.2, 0.25) is 0 Å². The van der Waals surface area contributed by atoms with Gasteiger partial charge in [-0.25, -0.2) is 0 Å². The van der Waals surface area contributed by atoms with Crippen LogP contribution in [0.15, 0.2) is 48.5 Å². The van der Waals surface area contributed by atoms with Gasteiger partial charge in [0.05, 0.1) is 0 Å². The molecule has 1 atom stereocenters. The summed E-state index contributed by atoms with van der Waals surface area (Å²) in [5.74, 6) is 0. The van der Waals surface area contributed by atoms with Gasteiger partial charge in [-0.2, -0.15) is 0 Å². The second kappa shape index (κ2) is 7.67. The molecule has 0 fully saturated rings. The Balaban J connectivity index is 1.97. The van der Waals surface area contributed by atoms with Crippen LogP contribution in [0.25, 0.3) is 0 Å². The van der Waals surface area contributed by atoms with Crippen LogP contribution in [0.3, 0.4) is 0 Å². The second-order valence-corrected chi connectivity index (χ2v) is 6.46. The molecule has 2 rings (SSSR count). The average Bonchev–Trinajstić information content (AvgIpc) is 2.47. The highest BCUT2D eigenvalue weighted by molar-refractivity contribution is 14.1. The van der Waals surface area contributed by atoms with Crippen molar-refractivity contribution < 1.29 is 0 Å². The van der Waals surface area contributed by atoms with Crippen molar-refractivity contribution in [2.45, 2.75) is 39.2 Å². The average molecular weight is 379 g/mol. The van der Waals surface area contributed by atoms with E-state index < -0.39 is 0 Å². The lowest BCUT2D eigenvalue weighted by atomic mass is 10.1. The van der Waals surface area contributed by atoms with Gasteiger partial charge in [-0.3, -0.25) is 0 Å². The molecule has 20 heavy (non-hydrogen) atoms. The first-order valence-electron chi connectivity index (χ1n) is 7.30. The number of benzene rings is 2. The van der Waals surface area contributed by atoms with Gasteiger partial charge >= 0.3 is 0 Å². The first-order valence-corrected chi connectivity index (χ1v) is 8.38. The fourth-order valence-corrected chi connectivity index (χ4v) is 2.59. The molecule has 106 valence electrons. The van der Waals surface area contributed by atoms with Gasteiger partial charge < -0.3 is 5.32 Å². The Kier molecular flexibility index (Phi) is 5.89. The van der Waals surface area contributed by atoms with Crippen molar-refractivity contribution in [2.75, 3.05) is 5.32 Å². The third kappa shape index (κ3) is 4.51. The minimum Gasteiger partial charge on any atom is -0.379 e. The van der Waals surface area contributed by atoms with Crippen molar-refractivity contribution in [3.05, 3.63) is 63.2 Å². The molecular weight excluding hydrogens is 357 g/mol. The summed E-state index contributed by atoms with van der Waals surface area (Å²) in [6, 6.07) is 17.9. The number of hydrogen-bond donors (Lipinski definition) is 1. The van der Waals surface area contributed by atoms with Crippen LogP contribution in [0.4, 0.5) is 5.69 Å². The first-order chi connectivity index (χ1) is 9.69. The van der Waals surface area contributed by atoms with E-state index >= 15 is 0 Å². The van der Waals surface area contributed by atoms with E-state index in [-0.39, 0.29) is 0 Å². The number of unbranched alkanes of at least 4 members (excludes halogenated alkanes) is 1. The molecule has 0 saturated heterocycles. The van der Waals surface area contributed by atoms with Crippen molar-refractivity contribution in [3.8, 4) is 0 Å². The smallest absolute Gasteiger partial charge is 0.0485 e. The molecule has 1 N–H and O–H groups in total. The van der Waals surface area contributed by atoms with Crippen molar-refractivity contribution in [2.24, 2.45) is 0 Å². The summed E-state index contributed by atoms with van der Waals surface area (Å²) in [6.45, 7) is 4.44. The third-order valence-electron chi connectivity index (χ3n) is 3.53. The molecule has 2 aromatic carbocycles. The summed E-state index contributed by atoms with van der Waals surface area (Å²) in [4.78, 5) is 0. The second-order valence-electron chi connectivity index (χ2n) is 5.22. The minimum absolute atomic E-state index is 0.327. The minimum atomic E-state index is 0.327. The lowest BCUT2D eigenvalue weighted by molar-refractivity contribution is 0.795. The van der Waals surface area contributed by atoms with Crippen LogP contribution in [0.2, 0.25) is 0 Å². The molecule has 0 aliphatic carbocycles. The van der Waals surface area contributed by atoms with E-state index in [1.165, 1.54) is 39.6 Å². The quantitative estimate of drug-likeness (QED) is 0.625. The van der Waals surface area contributed by atoms with Crippen LogP contribution in [0, 0.1) is 3.57 Å². The fraction of sp³-hybridized carbons (Fsp3) is 0.333. The number of hydrogen-bond acceptors (Lipinski definition) is 1. The van der Waals surface area contributed by atoms with Crippen LogP contribution < -0.4 is 5.32 Å². The Labute approximate surface area is 135 Å².